The molecule has 3 fully saturated rings. The van der Waals surface area contributed by atoms with Crippen LogP contribution in [0, 0.1) is 0 Å². The number of ether oxygens (including phenoxy) is 3. The van der Waals surface area contributed by atoms with Crippen LogP contribution in [0.2, 0.25) is 0 Å². The number of rotatable bonds is 1. The second kappa shape index (κ2) is 5.31. The molecule has 1 saturated carbocycles. The summed E-state index contributed by atoms with van der Waals surface area (Å²) in [5.41, 5.74) is 4.10. The van der Waals surface area contributed by atoms with Gasteiger partial charge in [-0.05, 0) is 33.6 Å². The highest BCUT2D eigenvalue weighted by Crippen LogP contribution is 2.46. The summed E-state index contributed by atoms with van der Waals surface area (Å²) in [5, 5.41) is 11.0. The Kier molecular flexibility index (Phi) is 3.91. The van der Waals surface area contributed by atoms with E-state index in [1.54, 1.807) is 4.90 Å². The van der Waals surface area contributed by atoms with Crippen LogP contribution in [-0.2, 0) is 14.2 Å². The lowest BCUT2D eigenvalue weighted by atomic mass is 9.66. The Hall–Kier alpha value is -0.890. The van der Waals surface area contributed by atoms with Gasteiger partial charge in [-0.2, -0.15) is 0 Å². The van der Waals surface area contributed by atoms with Crippen molar-refractivity contribution in [2.45, 2.75) is 69.0 Å². The van der Waals surface area contributed by atoms with Crippen LogP contribution in [0.3, 0.4) is 0 Å². The molecule has 0 aromatic carbocycles. The van der Waals surface area contributed by atoms with Gasteiger partial charge in [0.15, 0.2) is 5.79 Å². The summed E-state index contributed by atoms with van der Waals surface area (Å²) in [5.74, 6) is -0.531. The molecule has 3 rings (SSSR count). The zero-order valence-electron chi connectivity index (χ0n) is 14.3. The Morgan fingerprint density at radius 2 is 1.65 bits per heavy atom. The first-order valence-electron chi connectivity index (χ1n) is 8.34. The molecule has 2 saturated heterocycles. The highest BCUT2D eigenvalue weighted by atomic mass is 16.7. The Morgan fingerprint density at radius 3 is 2.13 bits per heavy atom. The molecule has 2 aliphatic heterocycles. The summed E-state index contributed by atoms with van der Waals surface area (Å²) < 4.78 is 16.7. The van der Waals surface area contributed by atoms with Crippen molar-refractivity contribution in [3.8, 4) is 0 Å². The van der Waals surface area contributed by atoms with Gasteiger partial charge in [-0.25, -0.2) is 4.79 Å². The number of amides is 1. The normalized spacial score (nSPS) is 28.5. The van der Waals surface area contributed by atoms with E-state index in [-0.39, 0.29) is 6.09 Å². The molecule has 1 spiro atoms. The van der Waals surface area contributed by atoms with Gasteiger partial charge in [0.2, 0.25) is 0 Å². The number of carbonyl (C=O) groups is 1. The van der Waals surface area contributed by atoms with Gasteiger partial charge in [-0.3, -0.25) is 0 Å². The van der Waals surface area contributed by atoms with Gasteiger partial charge in [0.1, 0.15) is 5.60 Å². The fourth-order valence-electron chi connectivity index (χ4n) is 3.71. The molecule has 3 N–H and O–H groups in total. The van der Waals surface area contributed by atoms with Gasteiger partial charge in [0.25, 0.3) is 0 Å². The lowest BCUT2D eigenvalue weighted by Gasteiger charge is -2.57. The second-order valence-corrected chi connectivity index (χ2v) is 8.13. The molecule has 1 aliphatic carbocycles. The van der Waals surface area contributed by atoms with Gasteiger partial charge in [-0.1, -0.05) is 0 Å². The first kappa shape index (κ1) is 17.0. The third kappa shape index (κ3) is 3.07. The number of nitrogens with two attached hydrogens (primary N) is 1. The maximum atomic E-state index is 12.0. The zero-order chi connectivity index (χ0) is 16.9. The molecule has 23 heavy (non-hydrogen) atoms. The van der Waals surface area contributed by atoms with Crippen molar-refractivity contribution in [2.24, 2.45) is 5.73 Å². The van der Waals surface area contributed by atoms with Gasteiger partial charge in [0, 0.05) is 25.9 Å². The highest BCUT2D eigenvalue weighted by molar-refractivity contribution is 5.70. The maximum absolute atomic E-state index is 12.0. The SMILES string of the molecule is CC(C)(C)OC(=O)N1CC(N)(C2(O)CCC3(CC2)OCCO3)C1. The first-order chi connectivity index (χ1) is 10.6. The molecular weight excluding hydrogens is 300 g/mol. The van der Waals surface area contributed by atoms with Crippen LogP contribution < -0.4 is 5.73 Å². The monoisotopic (exact) mass is 328 g/mol. The average Bonchev–Trinajstić information content (AvgIpc) is 2.86. The number of nitrogens with zero attached hydrogens (tertiary/aromatic N) is 1. The number of likely N-dealkylation sites (tertiary alicyclic amines) is 1. The summed E-state index contributed by atoms with van der Waals surface area (Å²) in [7, 11) is 0. The van der Waals surface area contributed by atoms with Crippen molar-refractivity contribution < 1.29 is 24.1 Å². The zero-order valence-corrected chi connectivity index (χ0v) is 14.3. The Bertz CT molecular complexity index is 465. The van der Waals surface area contributed by atoms with Crippen LogP contribution in [0.5, 0.6) is 0 Å². The Morgan fingerprint density at radius 1 is 1.13 bits per heavy atom. The van der Waals surface area contributed by atoms with Crippen molar-refractivity contribution in [3.05, 3.63) is 0 Å². The number of carbonyl (C=O) groups excluding carboxylic acids is 1. The van der Waals surface area contributed by atoms with Crippen LogP contribution >= 0.6 is 0 Å². The van der Waals surface area contributed by atoms with E-state index >= 15 is 0 Å². The minimum atomic E-state index is -0.994. The topological polar surface area (TPSA) is 94.3 Å². The number of aliphatic hydroxyl groups is 1. The molecule has 0 radical (unpaired) electrons. The quantitative estimate of drug-likeness (QED) is 0.745. The summed E-state index contributed by atoms with van der Waals surface area (Å²) in [4.78, 5) is 13.6. The summed E-state index contributed by atoms with van der Waals surface area (Å²) in [6, 6.07) is 0. The fourth-order valence-corrected chi connectivity index (χ4v) is 3.71. The van der Waals surface area contributed by atoms with E-state index in [1.807, 2.05) is 20.8 Å². The summed E-state index contributed by atoms with van der Waals surface area (Å²) in [6.45, 7) is 7.33. The smallest absolute Gasteiger partial charge is 0.410 e. The van der Waals surface area contributed by atoms with Crippen molar-refractivity contribution in [1.82, 2.24) is 4.90 Å². The van der Waals surface area contributed by atoms with E-state index < -0.39 is 22.5 Å². The molecule has 2 heterocycles. The standard InChI is InChI=1S/C16H28N2O5/c1-13(2,3)23-12(19)18-10-14(17,11-18)15(20)4-6-16(7-5-15)21-8-9-22-16/h20H,4-11,17H2,1-3H3. The molecule has 3 aliphatic rings. The van der Waals surface area contributed by atoms with Gasteiger partial charge in [0.05, 0.1) is 24.4 Å². The van der Waals surface area contributed by atoms with E-state index in [0.29, 0.717) is 52.0 Å². The molecule has 0 aromatic heterocycles. The molecule has 0 bridgehead atoms. The third-order valence-corrected chi connectivity index (χ3v) is 5.18. The van der Waals surface area contributed by atoms with E-state index in [2.05, 4.69) is 0 Å². The lowest BCUT2D eigenvalue weighted by Crippen LogP contribution is -2.79. The number of hydrogen-bond acceptors (Lipinski definition) is 6. The fraction of sp³-hybridized carbons (Fsp3) is 0.938. The van der Waals surface area contributed by atoms with Crippen LogP contribution in [0.1, 0.15) is 46.5 Å². The van der Waals surface area contributed by atoms with E-state index in [4.69, 9.17) is 19.9 Å². The minimum absolute atomic E-state index is 0.313. The van der Waals surface area contributed by atoms with Crippen LogP contribution in [0.15, 0.2) is 0 Å². The van der Waals surface area contributed by atoms with E-state index in [0.717, 1.165) is 0 Å². The van der Waals surface area contributed by atoms with Crippen molar-refractivity contribution in [2.75, 3.05) is 26.3 Å². The predicted molar refractivity (Wildman–Crippen MR) is 82.8 cm³/mol. The molecule has 132 valence electrons. The van der Waals surface area contributed by atoms with Crippen molar-refractivity contribution in [3.63, 3.8) is 0 Å². The summed E-state index contributed by atoms with van der Waals surface area (Å²) >= 11 is 0. The summed E-state index contributed by atoms with van der Waals surface area (Å²) in [6.07, 6.45) is 1.93. The predicted octanol–water partition coefficient (Wildman–Crippen LogP) is 0.983. The molecule has 0 atom stereocenters. The third-order valence-electron chi connectivity index (χ3n) is 5.18. The largest absolute Gasteiger partial charge is 0.444 e. The first-order valence-corrected chi connectivity index (χ1v) is 8.34. The van der Waals surface area contributed by atoms with Gasteiger partial charge in [-0.15, -0.1) is 0 Å². The molecule has 0 aromatic rings. The lowest BCUT2D eigenvalue weighted by molar-refractivity contribution is -0.221. The molecule has 7 heteroatoms. The van der Waals surface area contributed by atoms with Crippen LogP contribution in [-0.4, -0.2) is 64.9 Å². The van der Waals surface area contributed by atoms with Crippen LogP contribution in [0.25, 0.3) is 0 Å². The van der Waals surface area contributed by atoms with Crippen molar-refractivity contribution >= 4 is 6.09 Å². The van der Waals surface area contributed by atoms with Gasteiger partial charge >= 0.3 is 6.09 Å². The number of hydrogen-bond donors (Lipinski definition) is 2. The second-order valence-electron chi connectivity index (χ2n) is 8.13. The minimum Gasteiger partial charge on any atom is -0.444 e. The van der Waals surface area contributed by atoms with Crippen LogP contribution in [0.4, 0.5) is 4.79 Å². The molecule has 7 nitrogen and oxygen atoms in total. The van der Waals surface area contributed by atoms with E-state index in [9.17, 15) is 9.90 Å². The highest BCUT2D eigenvalue weighted by Gasteiger charge is 2.60. The molecule has 1 amide bonds. The molecular formula is C16H28N2O5. The Labute approximate surface area is 137 Å². The average molecular weight is 328 g/mol. The Balaban J connectivity index is 1.57. The van der Waals surface area contributed by atoms with Crippen molar-refractivity contribution in [1.29, 1.82) is 0 Å². The van der Waals surface area contributed by atoms with Gasteiger partial charge < -0.3 is 30.0 Å². The van der Waals surface area contributed by atoms with E-state index in [1.165, 1.54) is 0 Å². The maximum Gasteiger partial charge on any atom is 0.410 e. The molecule has 0 unspecified atom stereocenters.